The Morgan fingerprint density at radius 3 is 2.41 bits per heavy atom. The lowest BCUT2D eigenvalue weighted by molar-refractivity contribution is 0.344. The number of ether oxygens (including phenoxy) is 1. The molecular weight excluding hydrogens is 235 g/mol. The van der Waals surface area contributed by atoms with E-state index in [0.29, 0.717) is 18.0 Å². The lowest BCUT2D eigenvalue weighted by Crippen LogP contribution is -2.29. The summed E-state index contributed by atoms with van der Waals surface area (Å²) in [6.07, 6.45) is 0. The van der Waals surface area contributed by atoms with Gasteiger partial charge in [-0.05, 0) is 29.3 Å². The van der Waals surface area contributed by atoms with Crippen molar-refractivity contribution in [2.75, 3.05) is 18.1 Å². The third kappa shape index (κ3) is 6.01. The summed E-state index contributed by atoms with van der Waals surface area (Å²) in [5.41, 5.74) is 0.478. The van der Waals surface area contributed by atoms with Crippen LogP contribution < -0.4 is 10.2 Å². The quantitative estimate of drug-likeness (QED) is 0.566. The standard InChI is InChI=1S/C12H19BO3S/c1-10(2)9-17-8-7-16-12-5-3-11(4-6-12)13(14)15/h3-6,10,14-15H,7-9H2,1-2H3. The molecule has 0 saturated heterocycles. The van der Waals surface area contributed by atoms with E-state index in [4.69, 9.17) is 14.8 Å². The fourth-order valence-corrected chi connectivity index (χ4v) is 2.11. The van der Waals surface area contributed by atoms with Crippen LogP contribution in [0.3, 0.4) is 0 Å². The van der Waals surface area contributed by atoms with Gasteiger partial charge in [-0.1, -0.05) is 26.0 Å². The monoisotopic (exact) mass is 254 g/mol. The van der Waals surface area contributed by atoms with Gasteiger partial charge in [-0.2, -0.15) is 11.8 Å². The topological polar surface area (TPSA) is 49.7 Å². The van der Waals surface area contributed by atoms with E-state index in [2.05, 4.69) is 13.8 Å². The number of hydrogen-bond acceptors (Lipinski definition) is 4. The zero-order valence-electron chi connectivity index (χ0n) is 10.3. The SMILES string of the molecule is CC(C)CSCCOc1ccc(B(O)O)cc1. The highest BCUT2D eigenvalue weighted by Crippen LogP contribution is 2.10. The largest absolute Gasteiger partial charge is 0.493 e. The number of rotatable bonds is 7. The first kappa shape index (κ1) is 14.4. The first-order valence-corrected chi connectivity index (χ1v) is 6.91. The second-order valence-electron chi connectivity index (χ2n) is 4.26. The minimum Gasteiger partial charge on any atom is -0.493 e. The van der Waals surface area contributed by atoms with Gasteiger partial charge in [0.15, 0.2) is 0 Å². The smallest absolute Gasteiger partial charge is 0.488 e. The molecule has 1 aromatic rings. The maximum absolute atomic E-state index is 8.92. The van der Waals surface area contributed by atoms with Crippen molar-refractivity contribution in [3.05, 3.63) is 24.3 Å². The fourth-order valence-electron chi connectivity index (χ4n) is 1.27. The van der Waals surface area contributed by atoms with E-state index >= 15 is 0 Å². The molecule has 0 aliphatic carbocycles. The molecule has 0 atom stereocenters. The molecule has 0 saturated carbocycles. The van der Waals surface area contributed by atoms with Gasteiger partial charge in [-0.25, -0.2) is 0 Å². The zero-order chi connectivity index (χ0) is 12.7. The van der Waals surface area contributed by atoms with E-state index in [0.717, 1.165) is 17.3 Å². The number of thioether (sulfide) groups is 1. The molecule has 1 aromatic carbocycles. The maximum Gasteiger partial charge on any atom is 0.488 e. The van der Waals surface area contributed by atoms with E-state index in [1.54, 1.807) is 24.3 Å². The van der Waals surface area contributed by atoms with Crippen molar-refractivity contribution in [2.24, 2.45) is 5.92 Å². The summed E-state index contributed by atoms with van der Waals surface area (Å²) in [4.78, 5) is 0. The summed E-state index contributed by atoms with van der Waals surface area (Å²) >= 11 is 1.88. The highest BCUT2D eigenvalue weighted by atomic mass is 32.2. The second-order valence-corrected chi connectivity index (χ2v) is 5.41. The number of benzene rings is 1. The summed E-state index contributed by atoms with van der Waals surface area (Å²) in [5, 5.41) is 17.8. The van der Waals surface area contributed by atoms with Gasteiger partial charge in [0.1, 0.15) is 5.75 Å². The maximum atomic E-state index is 8.92. The molecule has 0 heterocycles. The van der Waals surface area contributed by atoms with Crippen LogP contribution in [0.25, 0.3) is 0 Å². The van der Waals surface area contributed by atoms with Crippen molar-refractivity contribution < 1.29 is 14.8 Å². The first-order chi connectivity index (χ1) is 8.09. The second kappa shape index (κ2) is 7.64. The summed E-state index contributed by atoms with van der Waals surface area (Å²) < 4.78 is 5.54. The molecule has 0 radical (unpaired) electrons. The third-order valence-electron chi connectivity index (χ3n) is 2.13. The molecule has 1 rings (SSSR count). The molecule has 94 valence electrons. The zero-order valence-corrected chi connectivity index (χ0v) is 11.1. The predicted molar refractivity (Wildman–Crippen MR) is 73.9 cm³/mol. The Kier molecular flexibility index (Phi) is 6.48. The van der Waals surface area contributed by atoms with Crippen LogP contribution in [0.5, 0.6) is 5.75 Å². The van der Waals surface area contributed by atoms with Crippen LogP contribution in [-0.4, -0.2) is 35.3 Å². The third-order valence-corrected chi connectivity index (χ3v) is 3.48. The van der Waals surface area contributed by atoms with Crippen LogP contribution in [-0.2, 0) is 0 Å². The van der Waals surface area contributed by atoms with Gasteiger partial charge < -0.3 is 14.8 Å². The Morgan fingerprint density at radius 1 is 1.24 bits per heavy atom. The van der Waals surface area contributed by atoms with Gasteiger partial charge in [0, 0.05) is 5.75 Å². The van der Waals surface area contributed by atoms with Crippen LogP contribution in [0.2, 0.25) is 0 Å². The van der Waals surface area contributed by atoms with Crippen molar-refractivity contribution in [2.45, 2.75) is 13.8 Å². The van der Waals surface area contributed by atoms with Crippen LogP contribution in [0.4, 0.5) is 0 Å². The van der Waals surface area contributed by atoms with Crippen LogP contribution in [0.15, 0.2) is 24.3 Å². The van der Waals surface area contributed by atoms with E-state index in [1.165, 1.54) is 0 Å². The van der Waals surface area contributed by atoms with Gasteiger partial charge in [-0.15, -0.1) is 0 Å². The minimum absolute atomic E-state index is 0.478. The Hall–Kier alpha value is -0.645. The molecule has 0 unspecified atom stereocenters. The van der Waals surface area contributed by atoms with Crippen molar-refractivity contribution >= 4 is 24.3 Å². The molecule has 0 amide bonds. The van der Waals surface area contributed by atoms with Gasteiger partial charge in [0.05, 0.1) is 6.61 Å². The minimum atomic E-state index is -1.41. The molecule has 0 aliphatic rings. The molecule has 5 heteroatoms. The van der Waals surface area contributed by atoms with Crippen molar-refractivity contribution in [3.63, 3.8) is 0 Å². The predicted octanol–water partition coefficient (Wildman–Crippen LogP) is 1.13. The van der Waals surface area contributed by atoms with Crippen LogP contribution in [0, 0.1) is 5.92 Å². The van der Waals surface area contributed by atoms with E-state index in [9.17, 15) is 0 Å². The molecule has 3 nitrogen and oxygen atoms in total. The lowest BCUT2D eigenvalue weighted by Gasteiger charge is -2.08. The van der Waals surface area contributed by atoms with Gasteiger partial charge >= 0.3 is 7.12 Å². The normalized spacial score (nSPS) is 10.6. The van der Waals surface area contributed by atoms with E-state index in [-0.39, 0.29) is 0 Å². The van der Waals surface area contributed by atoms with Gasteiger partial charge in [0.2, 0.25) is 0 Å². The summed E-state index contributed by atoms with van der Waals surface area (Å²) in [5.74, 6) is 3.60. The Bertz CT molecular complexity index is 314. The average Bonchev–Trinajstić information content (AvgIpc) is 2.29. The van der Waals surface area contributed by atoms with Gasteiger partial charge in [-0.3, -0.25) is 0 Å². The Balaban J connectivity index is 2.23. The van der Waals surface area contributed by atoms with E-state index < -0.39 is 7.12 Å². The van der Waals surface area contributed by atoms with Crippen molar-refractivity contribution in [3.8, 4) is 5.75 Å². The summed E-state index contributed by atoms with van der Waals surface area (Å²) in [6.45, 7) is 5.08. The van der Waals surface area contributed by atoms with Crippen molar-refractivity contribution in [1.82, 2.24) is 0 Å². The Morgan fingerprint density at radius 2 is 1.88 bits per heavy atom. The molecule has 0 bridgehead atoms. The molecular formula is C12H19BO3S. The summed E-state index contributed by atoms with van der Waals surface area (Å²) in [7, 11) is -1.41. The van der Waals surface area contributed by atoms with Crippen molar-refractivity contribution in [1.29, 1.82) is 0 Å². The highest BCUT2D eigenvalue weighted by molar-refractivity contribution is 7.99. The van der Waals surface area contributed by atoms with Crippen LogP contribution >= 0.6 is 11.8 Å². The van der Waals surface area contributed by atoms with Crippen LogP contribution in [0.1, 0.15) is 13.8 Å². The highest BCUT2D eigenvalue weighted by Gasteiger charge is 2.09. The molecule has 2 N–H and O–H groups in total. The molecule has 0 fully saturated rings. The van der Waals surface area contributed by atoms with E-state index in [1.807, 2.05) is 11.8 Å². The fraction of sp³-hybridized carbons (Fsp3) is 0.500. The molecule has 17 heavy (non-hydrogen) atoms. The number of hydrogen-bond donors (Lipinski definition) is 2. The molecule has 0 aromatic heterocycles. The van der Waals surface area contributed by atoms with Gasteiger partial charge in [0.25, 0.3) is 0 Å². The molecule has 0 spiro atoms. The molecule has 0 aliphatic heterocycles. The first-order valence-electron chi connectivity index (χ1n) is 5.76. The Labute approximate surface area is 107 Å². The average molecular weight is 254 g/mol. The summed E-state index contributed by atoms with van der Waals surface area (Å²) in [6, 6.07) is 6.81. The lowest BCUT2D eigenvalue weighted by atomic mass is 9.80.